The van der Waals surface area contributed by atoms with Gasteiger partial charge in [-0.1, -0.05) is 11.6 Å². The maximum atomic E-state index is 6.12. The van der Waals surface area contributed by atoms with E-state index in [2.05, 4.69) is 27.3 Å². The first-order chi connectivity index (χ1) is 13.7. The highest BCUT2D eigenvalue weighted by Gasteiger charge is 2.23. The molecule has 3 rings (SSSR count). The van der Waals surface area contributed by atoms with Crippen LogP contribution >= 0.6 is 47.3 Å². The summed E-state index contributed by atoms with van der Waals surface area (Å²) in [6.07, 6.45) is 6.35. The average molecular weight is 554 g/mol. The summed E-state index contributed by atoms with van der Waals surface area (Å²) in [6.45, 7) is 4.50. The molecule has 164 valence electrons. The molecule has 0 saturated carbocycles. The van der Waals surface area contributed by atoms with Crippen LogP contribution in [-0.4, -0.2) is 68.7 Å². The van der Waals surface area contributed by atoms with Crippen LogP contribution in [0.3, 0.4) is 0 Å². The Morgan fingerprint density at radius 1 is 1.24 bits per heavy atom. The van der Waals surface area contributed by atoms with Crippen LogP contribution in [0.15, 0.2) is 34.2 Å². The number of halogens is 2. The van der Waals surface area contributed by atoms with Gasteiger partial charge in [-0.05, 0) is 56.4 Å². The van der Waals surface area contributed by atoms with Crippen LogP contribution in [0.1, 0.15) is 32.1 Å². The summed E-state index contributed by atoms with van der Waals surface area (Å²) in [5.41, 5.74) is 0. The maximum Gasteiger partial charge on any atom is 0.193 e. The second-order valence-electron chi connectivity index (χ2n) is 7.28. The summed E-state index contributed by atoms with van der Waals surface area (Å²) in [6, 6.07) is 7.99. The van der Waals surface area contributed by atoms with E-state index in [0.717, 1.165) is 68.8 Å². The Morgan fingerprint density at radius 3 is 2.66 bits per heavy atom. The fraction of sp³-hybridized carbons (Fsp3) is 0.667. The number of benzene rings is 1. The molecule has 1 aromatic carbocycles. The summed E-state index contributed by atoms with van der Waals surface area (Å²) in [5, 5.41) is 4.27. The Labute approximate surface area is 201 Å². The molecule has 1 N–H and O–H groups in total. The Morgan fingerprint density at radius 2 is 2.00 bits per heavy atom. The Hall–Kier alpha value is -0.220. The summed E-state index contributed by atoms with van der Waals surface area (Å²) in [4.78, 5) is 8.03. The summed E-state index contributed by atoms with van der Waals surface area (Å²) in [5.74, 6) is 1.98. The normalized spacial score (nSPS) is 21.0. The monoisotopic (exact) mass is 553 g/mol. The van der Waals surface area contributed by atoms with Crippen molar-refractivity contribution in [2.24, 2.45) is 4.99 Å². The molecule has 1 aromatic rings. The number of hydrogen-bond acceptors (Lipinski definition) is 4. The number of ether oxygens (including phenoxy) is 2. The standard InChI is InChI=1S/C21H32ClN3O2S.HI/c1-23-21(24-11-15-28-20-7-5-17(22)6-8-20)25-12-9-18(10-13-25)27-16-19-4-2-3-14-26-19;/h5-8,18-19H,2-4,9-16H2,1H3,(H,23,24);1H. The minimum atomic E-state index is 0. The zero-order chi connectivity index (χ0) is 19.6. The van der Waals surface area contributed by atoms with Crippen LogP contribution in [0.25, 0.3) is 0 Å². The second-order valence-corrected chi connectivity index (χ2v) is 8.89. The molecule has 0 bridgehead atoms. The molecule has 2 saturated heterocycles. The van der Waals surface area contributed by atoms with Crippen molar-refractivity contribution in [3.8, 4) is 0 Å². The number of aliphatic imine (C=N–C) groups is 1. The summed E-state index contributed by atoms with van der Waals surface area (Å²) < 4.78 is 11.9. The molecule has 2 heterocycles. The van der Waals surface area contributed by atoms with Crippen LogP contribution in [0.4, 0.5) is 0 Å². The van der Waals surface area contributed by atoms with Crippen LogP contribution in [-0.2, 0) is 9.47 Å². The van der Waals surface area contributed by atoms with Gasteiger partial charge >= 0.3 is 0 Å². The number of guanidine groups is 1. The van der Waals surface area contributed by atoms with Gasteiger partial charge < -0.3 is 19.7 Å². The van der Waals surface area contributed by atoms with E-state index in [1.54, 1.807) is 0 Å². The van der Waals surface area contributed by atoms with Gasteiger partial charge in [-0.2, -0.15) is 0 Å². The summed E-state index contributed by atoms with van der Waals surface area (Å²) >= 11 is 7.75. The van der Waals surface area contributed by atoms with E-state index in [-0.39, 0.29) is 24.0 Å². The van der Waals surface area contributed by atoms with E-state index >= 15 is 0 Å². The lowest BCUT2D eigenvalue weighted by molar-refractivity contribution is -0.0721. The molecule has 2 aliphatic heterocycles. The van der Waals surface area contributed by atoms with Gasteiger partial charge in [-0.3, -0.25) is 4.99 Å². The zero-order valence-corrected chi connectivity index (χ0v) is 21.1. The average Bonchev–Trinajstić information content (AvgIpc) is 2.75. The number of rotatable bonds is 7. The van der Waals surface area contributed by atoms with Crippen molar-refractivity contribution in [2.45, 2.75) is 49.2 Å². The number of hydrogen-bond donors (Lipinski definition) is 1. The molecule has 0 amide bonds. The van der Waals surface area contributed by atoms with Gasteiger partial charge in [0.15, 0.2) is 5.96 Å². The quantitative estimate of drug-likeness (QED) is 0.175. The van der Waals surface area contributed by atoms with Crippen molar-refractivity contribution < 1.29 is 9.47 Å². The van der Waals surface area contributed by atoms with Crippen LogP contribution < -0.4 is 5.32 Å². The molecule has 2 aliphatic rings. The van der Waals surface area contributed by atoms with Gasteiger partial charge in [-0.15, -0.1) is 35.7 Å². The molecule has 1 atom stereocenters. The number of nitrogens with zero attached hydrogens (tertiary/aromatic N) is 2. The topological polar surface area (TPSA) is 46.1 Å². The molecule has 0 spiro atoms. The van der Waals surface area contributed by atoms with Crippen LogP contribution in [0.5, 0.6) is 0 Å². The van der Waals surface area contributed by atoms with Gasteiger partial charge in [0.2, 0.25) is 0 Å². The van der Waals surface area contributed by atoms with Crippen molar-refractivity contribution in [1.82, 2.24) is 10.2 Å². The van der Waals surface area contributed by atoms with Crippen LogP contribution in [0, 0.1) is 0 Å². The Bertz CT molecular complexity index is 606. The SMILES string of the molecule is CN=C(NCCSc1ccc(Cl)cc1)N1CCC(OCC2CCCCO2)CC1.I. The molecule has 5 nitrogen and oxygen atoms in total. The van der Waals surface area contributed by atoms with E-state index in [1.807, 2.05) is 30.9 Å². The molecule has 0 aromatic heterocycles. The first kappa shape index (κ1) is 25.0. The van der Waals surface area contributed by atoms with Crippen molar-refractivity contribution in [3.63, 3.8) is 0 Å². The second kappa shape index (κ2) is 14.0. The van der Waals surface area contributed by atoms with E-state index < -0.39 is 0 Å². The molecular weight excluding hydrogens is 521 g/mol. The Balaban J connectivity index is 0.00000300. The van der Waals surface area contributed by atoms with E-state index in [4.69, 9.17) is 21.1 Å². The first-order valence-corrected chi connectivity index (χ1v) is 11.7. The largest absolute Gasteiger partial charge is 0.376 e. The highest BCUT2D eigenvalue weighted by molar-refractivity contribution is 14.0. The molecule has 29 heavy (non-hydrogen) atoms. The molecule has 2 fully saturated rings. The fourth-order valence-electron chi connectivity index (χ4n) is 3.61. The number of piperidine rings is 1. The van der Waals surface area contributed by atoms with Crippen molar-refractivity contribution in [1.29, 1.82) is 0 Å². The van der Waals surface area contributed by atoms with E-state index in [0.29, 0.717) is 12.2 Å². The number of likely N-dealkylation sites (tertiary alicyclic amines) is 1. The molecular formula is C21H33ClIN3O2S. The van der Waals surface area contributed by atoms with Gasteiger partial charge in [0, 0.05) is 49.0 Å². The highest BCUT2D eigenvalue weighted by Crippen LogP contribution is 2.20. The van der Waals surface area contributed by atoms with Gasteiger partial charge in [0.25, 0.3) is 0 Å². The third-order valence-corrected chi connectivity index (χ3v) is 6.48. The Kier molecular flexibility index (Phi) is 12.1. The number of nitrogens with one attached hydrogen (secondary N) is 1. The number of thioether (sulfide) groups is 1. The van der Waals surface area contributed by atoms with E-state index in [1.165, 1.54) is 17.7 Å². The highest BCUT2D eigenvalue weighted by atomic mass is 127. The lowest BCUT2D eigenvalue weighted by Crippen LogP contribution is -2.47. The minimum Gasteiger partial charge on any atom is -0.376 e. The van der Waals surface area contributed by atoms with E-state index in [9.17, 15) is 0 Å². The minimum absolute atomic E-state index is 0. The molecule has 0 radical (unpaired) electrons. The lowest BCUT2D eigenvalue weighted by Gasteiger charge is -2.35. The molecule has 0 aliphatic carbocycles. The van der Waals surface area contributed by atoms with Crippen molar-refractivity contribution in [3.05, 3.63) is 29.3 Å². The zero-order valence-electron chi connectivity index (χ0n) is 17.1. The van der Waals surface area contributed by atoms with Crippen molar-refractivity contribution >= 4 is 53.3 Å². The smallest absolute Gasteiger partial charge is 0.193 e. The van der Waals surface area contributed by atoms with Gasteiger partial charge in [0.1, 0.15) is 0 Å². The molecule has 8 heteroatoms. The third-order valence-electron chi connectivity index (χ3n) is 5.21. The summed E-state index contributed by atoms with van der Waals surface area (Å²) in [7, 11) is 1.86. The lowest BCUT2D eigenvalue weighted by atomic mass is 10.1. The van der Waals surface area contributed by atoms with Gasteiger partial charge in [0.05, 0.1) is 18.8 Å². The third kappa shape index (κ3) is 8.81. The first-order valence-electron chi connectivity index (χ1n) is 10.3. The van der Waals surface area contributed by atoms with Gasteiger partial charge in [-0.25, -0.2) is 0 Å². The predicted molar refractivity (Wildman–Crippen MR) is 133 cm³/mol. The predicted octanol–water partition coefficient (Wildman–Crippen LogP) is 4.68. The fourth-order valence-corrected chi connectivity index (χ4v) is 4.51. The maximum absolute atomic E-state index is 6.12. The molecule has 1 unspecified atom stereocenters. The van der Waals surface area contributed by atoms with Crippen LogP contribution in [0.2, 0.25) is 5.02 Å². The van der Waals surface area contributed by atoms with Crippen molar-refractivity contribution in [2.75, 3.05) is 45.6 Å².